The Morgan fingerprint density at radius 1 is 1.00 bits per heavy atom. The third kappa shape index (κ3) is 5.63. The zero-order valence-electron chi connectivity index (χ0n) is 16.4. The number of hydrogen-bond donors (Lipinski definition) is 1. The molecule has 0 radical (unpaired) electrons. The standard InChI is InChI=1S/C22H24FN3O3/c1-16-3-2-4-19(13-16)25-9-11-26(12-10-25)21(28)15-24-22(29)20(27)14-17-5-7-18(23)8-6-17/h2-8,13H,9-12,14-15H2,1H3,(H,24,29). The lowest BCUT2D eigenvalue weighted by atomic mass is 10.1. The van der Waals surface area contributed by atoms with Gasteiger partial charge >= 0.3 is 0 Å². The molecule has 29 heavy (non-hydrogen) atoms. The fourth-order valence-electron chi connectivity index (χ4n) is 3.27. The number of ketones is 1. The predicted molar refractivity (Wildman–Crippen MR) is 108 cm³/mol. The zero-order valence-corrected chi connectivity index (χ0v) is 16.4. The third-order valence-electron chi connectivity index (χ3n) is 4.93. The topological polar surface area (TPSA) is 69.7 Å². The van der Waals surface area contributed by atoms with Crippen molar-refractivity contribution >= 4 is 23.3 Å². The number of aryl methyl sites for hydroxylation is 1. The van der Waals surface area contributed by atoms with Gasteiger partial charge in [0.1, 0.15) is 5.82 Å². The van der Waals surface area contributed by atoms with E-state index in [-0.39, 0.29) is 18.9 Å². The van der Waals surface area contributed by atoms with Crippen LogP contribution >= 0.6 is 0 Å². The number of amides is 2. The van der Waals surface area contributed by atoms with E-state index in [0.717, 1.165) is 5.69 Å². The van der Waals surface area contributed by atoms with E-state index in [1.807, 2.05) is 19.1 Å². The van der Waals surface area contributed by atoms with Crippen molar-refractivity contribution in [2.24, 2.45) is 0 Å². The summed E-state index contributed by atoms with van der Waals surface area (Å²) in [5.41, 5.74) is 2.87. The molecule has 1 N–H and O–H groups in total. The molecule has 0 atom stereocenters. The number of anilines is 1. The molecule has 152 valence electrons. The Labute approximate surface area is 169 Å². The van der Waals surface area contributed by atoms with Crippen molar-refractivity contribution in [2.45, 2.75) is 13.3 Å². The Morgan fingerprint density at radius 2 is 1.69 bits per heavy atom. The lowest BCUT2D eigenvalue weighted by Gasteiger charge is -2.36. The van der Waals surface area contributed by atoms with Crippen LogP contribution < -0.4 is 10.2 Å². The molecule has 0 unspecified atom stereocenters. The lowest BCUT2D eigenvalue weighted by Crippen LogP contribution is -2.51. The number of benzene rings is 2. The van der Waals surface area contributed by atoms with Crippen LogP contribution in [0.15, 0.2) is 48.5 Å². The van der Waals surface area contributed by atoms with Crippen molar-refractivity contribution in [1.82, 2.24) is 10.2 Å². The second-order valence-corrected chi connectivity index (χ2v) is 7.12. The number of rotatable bonds is 6. The van der Waals surface area contributed by atoms with Gasteiger partial charge in [0, 0.05) is 38.3 Å². The third-order valence-corrected chi connectivity index (χ3v) is 4.93. The zero-order chi connectivity index (χ0) is 20.8. The van der Waals surface area contributed by atoms with E-state index in [2.05, 4.69) is 22.3 Å². The number of nitrogens with zero attached hydrogens (tertiary/aromatic N) is 2. The summed E-state index contributed by atoms with van der Waals surface area (Å²) in [6, 6.07) is 13.6. The molecule has 1 aliphatic rings. The van der Waals surface area contributed by atoms with Crippen LogP contribution in [-0.4, -0.2) is 55.2 Å². The number of hydrogen-bond acceptors (Lipinski definition) is 4. The highest BCUT2D eigenvalue weighted by Crippen LogP contribution is 2.17. The highest BCUT2D eigenvalue weighted by molar-refractivity contribution is 6.36. The first kappa shape index (κ1) is 20.5. The highest BCUT2D eigenvalue weighted by atomic mass is 19.1. The van der Waals surface area contributed by atoms with Gasteiger partial charge in [-0.05, 0) is 42.3 Å². The number of halogens is 1. The molecule has 3 rings (SSSR count). The molecule has 1 fully saturated rings. The fraction of sp³-hybridized carbons (Fsp3) is 0.318. The molecule has 2 aromatic rings. The van der Waals surface area contributed by atoms with Crippen molar-refractivity contribution in [3.63, 3.8) is 0 Å². The summed E-state index contributed by atoms with van der Waals surface area (Å²) in [6.45, 7) is 4.39. The molecule has 2 amide bonds. The van der Waals surface area contributed by atoms with Gasteiger partial charge in [-0.25, -0.2) is 4.39 Å². The van der Waals surface area contributed by atoms with E-state index in [1.54, 1.807) is 4.90 Å². The van der Waals surface area contributed by atoms with Crippen LogP contribution in [0.2, 0.25) is 0 Å². The van der Waals surface area contributed by atoms with Crippen molar-refractivity contribution in [1.29, 1.82) is 0 Å². The molecular weight excluding hydrogens is 373 g/mol. The average molecular weight is 397 g/mol. The summed E-state index contributed by atoms with van der Waals surface area (Å²) in [5.74, 6) is -2.08. The molecule has 0 aliphatic carbocycles. The second kappa shape index (κ2) is 9.32. The van der Waals surface area contributed by atoms with Crippen LogP contribution in [0.1, 0.15) is 11.1 Å². The Morgan fingerprint density at radius 3 is 2.34 bits per heavy atom. The van der Waals surface area contributed by atoms with Gasteiger partial charge in [0.2, 0.25) is 11.7 Å². The van der Waals surface area contributed by atoms with Gasteiger partial charge in [0.25, 0.3) is 5.91 Å². The number of nitrogens with one attached hydrogen (secondary N) is 1. The molecule has 0 spiro atoms. The summed E-state index contributed by atoms with van der Waals surface area (Å²) in [7, 11) is 0. The maximum atomic E-state index is 12.9. The first-order valence-corrected chi connectivity index (χ1v) is 9.57. The van der Waals surface area contributed by atoms with Crippen LogP contribution in [0.25, 0.3) is 0 Å². The van der Waals surface area contributed by atoms with Crippen molar-refractivity contribution in [3.05, 3.63) is 65.5 Å². The number of piperazine rings is 1. The van der Waals surface area contributed by atoms with E-state index in [1.165, 1.54) is 29.8 Å². The van der Waals surface area contributed by atoms with Crippen LogP contribution in [-0.2, 0) is 20.8 Å². The molecule has 0 aromatic heterocycles. The van der Waals surface area contributed by atoms with Crippen LogP contribution in [0.4, 0.5) is 10.1 Å². The van der Waals surface area contributed by atoms with E-state index in [0.29, 0.717) is 31.7 Å². The van der Waals surface area contributed by atoms with Gasteiger partial charge in [0.05, 0.1) is 6.54 Å². The molecule has 6 nitrogen and oxygen atoms in total. The van der Waals surface area contributed by atoms with Crippen LogP contribution in [0.3, 0.4) is 0 Å². The molecule has 0 saturated carbocycles. The smallest absolute Gasteiger partial charge is 0.288 e. The van der Waals surface area contributed by atoms with Gasteiger partial charge in [-0.1, -0.05) is 24.3 Å². The molecular formula is C22H24FN3O3. The second-order valence-electron chi connectivity index (χ2n) is 7.12. The summed E-state index contributed by atoms with van der Waals surface area (Å²) in [4.78, 5) is 40.2. The molecule has 7 heteroatoms. The SMILES string of the molecule is Cc1cccc(N2CCN(C(=O)CNC(=O)C(=O)Cc3ccc(F)cc3)CC2)c1. The Hall–Kier alpha value is -3.22. The Bertz CT molecular complexity index is 890. The first-order valence-electron chi connectivity index (χ1n) is 9.57. The minimum absolute atomic E-state index is 0.129. The van der Waals surface area contributed by atoms with Gasteiger partial charge in [-0.15, -0.1) is 0 Å². The van der Waals surface area contributed by atoms with Crippen LogP contribution in [0, 0.1) is 12.7 Å². The van der Waals surface area contributed by atoms with Crippen LogP contribution in [0.5, 0.6) is 0 Å². The Kier molecular flexibility index (Phi) is 6.59. The van der Waals surface area contributed by atoms with Crippen molar-refractivity contribution in [2.75, 3.05) is 37.6 Å². The van der Waals surface area contributed by atoms with E-state index >= 15 is 0 Å². The quantitative estimate of drug-likeness (QED) is 0.754. The minimum Gasteiger partial charge on any atom is -0.368 e. The van der Waals surface area contributed by atoms with Gasteiger partial charge in [0.15, 0.2) is 0 Å². The number of carbonyl (C=O) groups is 3. The summed E-state index contributed by atoms with van der Waals surface area (Å²) < 4.78 is 12.9. The Balaban J connectivity index is 1.43. The molecule has 2 aromatic carbocycles. The van der Waals surface area contributed by atoms with Gasteiger partial charge in [-0.3, -0.25) is 14.4 Å². The highest BCUT2D eigenvalue weighted by Gasteiger charge is 2.22. The van der Waals surface area contributed by atoms with E-state index < -0.39 is 17.5 Å². The summed E-state index contributed by atoms with van der Waals surface area (Å²) in [5, 5.41) is 2.39. The van der Waals surface area contributed by atoms with Gasteiger partial charge in [-0.2, -0.15) is 0 Å². The lowest BCUT2D eigenvalue weighted by molar-refractivity contribution is -0.139. The van der Waals surface area contributed by atoms with E-state index in [9.17, 15) is 18.8 Å². The normalized spacial score (nSPS) is 13.9. The fourth-order valence-corrected chi connectivity index (χ4v) is 3.27. The number of Topliss-reactive ketones (excluding diaryl/α,β-unsaturated/α-hetero) is 1. The predicted octanol–water partition coefficient (Wildman–Crippen LogP) is 1.71. The molecule has 1 aliphatic heterocycles. The molecule has 1 saturated heterocycles. The summed E-state index contributed by atoms with van der Waals surface area (Å²) >= 11 is 0. The van der Waals surface area contributed by atoms with Gasteiger partial charge < -0.3 is 15.1 Å². The maximum Gasteiger partial charge on any atom is 0.288 e. The summed E-state index contributed by atoms with van der Waals surface area (Å²) in [6.07, 6.45) is -0.129. The number of carbonyl (C=O) groups excluding carboxylic acids is 3. The van der Waals surface area contributed by atoms with Crippen molar-refractivity contribution in [3.8, 4) is 0 Å². The molecule has 0 bridgehead atoms. The molecule has 1 heterocycles. The van der Waals surface area contributed by atoms with Crippen molar-refractivity contribution < 1.29 is 18.8 Å². The monoisotopic (exact) mass is 397 g/mol. The maximum absolute atomic E-state index is 12.9. The van der Waals surface area contributed by atoms with E-state index in [4.69, 9.17) is 0 Å². The first-order chi connectivity index (χ1) is 13.9. The average Bonchev–Trinajstić information content (AvgIpc) is 2.73. The minimum atomic E-state index is -0.805. The largest absolute Gasteiger partial charge is 0.368 e.